The van der Waals surface area contributed by atoms with Crippen molar-refractivity contribution in [2.75, 3.05) is 5.32 Å². The molecule has 1 aromatic carbocycles. The molecule has 1 heterocycles. The SMILES string of the molecule is NS(=O)(=O)c1ccc(NC(=O)N(Cc2ccccn2)C2CC2)cc1. The Morgan fingerprint density at radius 1 is 1.21 bits per heavy atom. The Morgan fingerprint density at radius 2 is 1.92 bits per heavy atom. The maximum absolute atomic E-state index is 12.5. The maximum atomic E-state index is 12.5. The largest absolute Gasteiger partial charge is 0.322 e. The summed E-state index contributed by atoms with van der Waals surface area (Å²) < 4.78 is 22.5. The van der Waals surface area contributed by atoms with E-state index in [1.807, 2.05) is 18.2 Å². The molecule has 2 amide bonds. The van der Waals surface area contributed by atoms with E-state index in [0.29, 0.717) is 12.2 Å². The molecule has 3 N–H and O–H groups in total. The Labute approximate surface area is 140 Å². The molecule has 1 aliphatic carbocycles. The number of pyridine rings is 1. The van der Waals surface area contributed by atoms with Crippen molar-refractivity contribution in [2.24, 2.45) is 5.14 Å². The molecule has 0 radical (unpaired) electrons. The average molecular weight is 346 g/mol. The Morgan fingerprint density at radius 3 is 2.46 bits per heavy atom. The highest BCUT2D eigenvalue weighted by molar-refractivity contribution is 7.89. The molecular formula is C16H18N4O3S. The molecule has 0 unspecified atom stereocenters. The number of anilines is 1. The van der Waals surface area contributed by atoms with Gasteiger partial charge in [-0.15, -0.1) is 0 Å². The number of benzene rings is 1. The minimum absolute atomic E-state index is 0.00744. The maximum Gasteiger partial charge on any atom is 0.322 e. The predicted molar refractivity (Wildman–Crippen MR) is 89.6 cm³/mol. The zero-order chi connectivity index (χ0) is 17.2. The summed E-state index contributed by atoms with van der Waals surface area (Å²) in [7, 11) is -3.74. The van der Waals surface area contributed by atoms with Crippen LogP contribution in [0.1, 0.15) is 18.5 Å². The van der Waals surface area contributed by atoms with Gasteiger partial charge >= 0.3 is 6.03 Å². The molecule has 0 saturated heterocycles. The van der Waals surface area contributed by atoms with Gasteiger partial charge in [0.15, 0.2) is 0 Å². The Balaban J connectivity index is 1.70. The van der Waals surface area contributed by atoms with Crippen molar-refractivity contribution >= 4 is 21.7 Å². The van der Waals surface area contributed by atoms with Gasteiger partial charge in [-0.1, -0.05) is 6.07 Å². The number of sulfonamides is 1. The van der Waals surface area contributed by atoms with Crippen molar-refractivity contribution in [3.05, 3.63) is 54.4 Å². The van der Waals surface area contributed by atoms with E-state index in [0.717, 1.165) is 18.5 Å². The number of hydrogen-bond acceptors (Lipinski definition) is 4. The molecule has 1 aliphatic rings. The minimum atomic E-state index is -3.74. The van der Waals surface area contributed by atoms with Crippen LogP contribution in [0.15, 0.2) is 53.6 Å². The van der Waals surface area contributed by atoms with Crippen molar-refractivity contribution in [1.82, 2.24) is 9.88 Å². The fraction of sp³-hybridized carbons (Fsp3) is 0.250. The zero-order valence-electron chi connectivity index (χ0n) is 12.9. The number of nitrogens with one attached hydrogen (secondary N) is 1. The molecular weight excluding hydrogens is 328 g/mol. The van der Waals surface area contributed by atoms with Gasteiger partial charge in [-0.2, -0.15) is 0 Å². The number of primary sulfonamides is 1. The van der Waals surface area contributed by atoms with E-state index < -0.39 is 10.0 Å². The van der Waals surface area contributed by atoms with Crippen LogP contribution < -0.4 is 10.5 Å². The molecule has 8 heteroatoms. The number of nitrogens with two attached hydrogens (primary N) is 1. The van der Waals surface area contributed by atoms with Gasteiger partial charge in [0, 0.05) is 17.9 Å². The third kappa shape index (κ3) is 4.09. The van der Waals surface area contributed by atoms with Crippen LogP contribution in [0.4, 0.5) is 10.5 Å². The highest BCUT2D eigenvalue weighted by atomic mass is 32.2. The third-order valence-electron chi connectivity index (χ3n) is 3.74. The first-order chi connectivity index (χ1) is 11.4. The van der Waals surface area contributed by atoms with Crippen LogP contribution in [-0.4, -0.2) is 30.4 Å². The molecule has 7 nitrogen and oxygen atoms in total. The van der Waals surface area contributed by atoms with E-state index in [1.165, 1.54) is 24.3 Å². The first kappa shape index (κ1) is 16.4. The monoisotopic (exact) mass is 346 g/mol. The lowest BCUT2D eigenvalue weighted by molar-refractivity contribution is 0.205. The van der Waals surface area contributed by atoms with Crippen molar-refractivity contribution in [1.29, 1.82) is 0 Å². The normalized spacial score (nSPS) is 14.2. The molecule has 1 saturated carbocycles. The average Bonchev–Trinajstić information content (AvgIpc) is 3.38. The fourth-order valence-corrected chi connectivity index (χ4v) is 2.86. The number of rotatable bonds is 5. The summed E-state index contributed by atoms with van der Waals surface area (Å²) in [5.41, 5.74) is 1.34. The van der Waals surface area contributed by atoms with Crippen LogP contribution in [0, 0.1) is 0 Å². The predicted octanol–water partition coefficient (Wildman–Crippen LogP) is 1.93. The highest BCUT2D eigenvalue weighted by Gasteiger charge is 2.32. The zero-order valence-corrected chi connectivity index (χ0v) is 13.7. The van der Waals surface area contributed by atoms with E-state index in [2.05, 4.69) is 10.3 Å². The smallest absolute Gasteiger partial charge is 0.316 e. The topological polar surface area (TPSA) is 105 Å². The molecule has 0 spiro atoms. The second-order valence-corrected chi connectivity index (χ2v) is 7.24. The number of amides is 2. The Hall–Kier alpha value is -2.45. The van der Waals surface area contributed by atoms with Gasteiger partial charge in [0.05, 0.1) is 17.1 Å². The van der Waals surface area contributed by atoms with Crippen LogP contribution in [0.3, 0.4) is 0 Å². The van der Waals surface area contributed by atoms with E-state index in [4.69, 9.17) is 5.14 Å². The third-order valence-corrected chi connectivity index (χ3v) is 4.67. The quantitative estimate of drug-likeness (QED) is 0.863. The van der Waals surface area contributed by atoms with Gasteiger partial charge in [0.1, 0.15) is 0 Å². The second-order valence-electron chi connectivity index (χ2n) is 5.68. The summed E-state index contributed by atoms with van der Waals surface area (Å²) in [6, 6.07) is 11.4. The van der Waals surface area contributed by atoms with Crippen LogP contribution in [-0.2, 0) is 16.6 Å². The van der Waals surface area contributed by atoms with Gasteiger partial charge in [0.25, 0.3) is 0 Å². The highest BCUT2D eigenvalue weighted by Crippen LogP contribution is 2.28. The molecule has 1 aromatic heterocycles. The van der Waals surface area contributed by atoms with Gasteiger partial charge in [-0.05, 0) is 49.2 Å². The number of carbonyl (C=O) groups excluding carboxylic acids is 1. The molecule has 1 fully saturated rings. The molecule has 0 atom stereocenters. The van der Waals surface area contributed by atoms with Crippen LogP contribution in [0.2, 0.25) is 0 Å². The Bertz CT molecular complexity index is 818. The van der Waals surface area contributed by atoms with Crippen molar-refractivity contribution in [3.63, 3.8) is 0 Å². The fourth-order valence-electron chi connectivity index (χ4n) is 2.34. The summed E-state index contributed by atoms with van der Waals surface area (Å²) in [5, 5.41) is 7.85. The first-order valence-electron chi connectivity index (χ1n) is 7.54. The second kappa shape index (κ2) is 6.58. The van der Waals surface area contributed by atoms with E-state index in [9.17, 15) is 13.2 Å². The standard InChI is InChI=1S/C16H18N4O3S/c17-24(22,23)15-8-4-12(5-9-15)19-16(21)20(14-6-7-14)11-13-3-1-2-10-18-13/h1-5,8-10,14H,6-7,11H2,(H,19,21)(H2,17,22,23). The lowest BCUT2D eigenvalue weighted by Gasteiger charge is -2.22. The first-order valence-corrected chi connectivity index (χ1v) is 9.08. The van der Waals surface area contributed by atoms with E-state index in [1.54, 1.807) is 11.1 Å². The van der Waals surface area contributed by atoms with E-state index >= 15 is 0 Å². The van der Waals surface area contributed by atoms with Crippen LogP contribution >= 0.6 is 0 Å². The van der Waals surface area contributed by atoms with Crippen molar-refractivity contribution < 1.29 is 13.2 Å². The summed E-state index contributed by atoms with van der Waals surface area (Å²) in [6.45, 7) is 0.437. The lowest BCUT2D eigenvalue weighted by atomic mass is 10.3. The summed E-state index contributed by atoms with van der Waals surface area (Å²) >= 11 is 0. The molecule has 0 aliphatic heterocycles. The van der Waals surface area contributed by atoms with Crippen molar-refractivity contribution in [2.45, 2.75) is 30.3 Å². The number of aromatic nitrogens is 1. The number of urea groups is 1. The summed E-state index contributed by atoms with van der Waals surface area (Å²) in [4.78, 5) is 18.5. The summed E-state index contributed by atoms with van der Waals surface area (Å²) in [5.74, 6) is 0. The van der Waals surface area contributed by atoms with Crippen LogP contribution in [0.5, 0.6) is 0 Å². The Kier molecular flexibility index (Phi) is 4.50. The number of nitrogens with zero attached hydrogens (tertiary/aromatic N) is 2. The van der Waals surface area contributed by atoms with Gasteiger partial charge in [-0.3, -0.25) is 4.98 Å². The number of carbonyl (C=O) groups is 1. The van der Waals surface area contributed by atoms with Gasteiger partial charge < -0.3 is 10.2 Å². The molecule has 3 rings (SSSR count). The summed E-state index contributed by atoms with van der Waals surface area (Å²) in [6.07, 6.45) is 3.65. The number of hydrogen-bond donors (Lipinski definition) is 2. The molecule has 24 heavy (non-hydrogen) atoms. The molecule has 2 aromatic rings. The van der Waals surface area contributed by atoms with Gasteiger partial charge in [-0.25, -0.2) is 18.4 Å². The van der Waals surface area contributed by atoms with E-state index in [-0.39, 0.29) is 17.0 Å². The van der Waals surface area contributed by atoms with Gasteiger partial charge in [0.2, 0.25) is 10.0 Å². The lowest BCUT2D eigenvalue weighted by Crippen LogP contribution is -2.36. The minimum Gasteiger partial charge on any atom is -0.316 e. The molecule has 0 bridgehead atoms. The van der Waals surface area contributed by atoms with Crippen LogP contribution in [0.25, 0.3) is 0 Å². The van der Waals surface area contributed by atoms with Crippen molar-refractivity contribution in [3.8, 4) is 0 Å². The molecule has 126 valence electrons.